The Balaban J connectivity index is 0.00000507. The van der Waals surface area contributed by atoms with Crippen molar-refractivity contribution in [2.75, 3.05) is 0 Å². The fraction of sp³-hybridized carbons (Fsp3) is 0.370. The van der Waals surface area contributed by atoms with E-state index in [1.807, 2.05) is 13.8 Å². The van der Waals surface area contributed by atoms with Gasteiger partial charge in [-0.3, -0.25) is 4.79 Å². The molecule has 3 rings (SSSR count). The van der Waals surface area contributed by atoms with Crippen LogP contribution in [-0.2, 0) is 17.9 Å². The van der Waals surface area contributed by atoms with Gasteiger partial charge in [-0.25, -0.2) is 13.8 Å². The van der Waals surface area contributed by atoms with Gasteiger partial charge >= 0.3 is 29.6 Å². The number of carboxylic acids is 1. The number of aliphatic carboxylic acids is 1. The van der Waals surface area contributed by atoms with E-state index in [-0.39, 0.29) is 72.9 Å². The number of nitrogens with zero attached hydrogens (tertiary/aromatic N) is 2. The third-order valence-corrected chi connectivity index (χ3v) is 5.87. The number of nitrogens with one attached hydrogen (secondary N) is 1. The predicted octanol–water partition coefficient (Wildman–Crippen LogP) is -0.472. The Morgan fingerprint density at radius 1 is 1.00 bits per heavy atom. The van der Waals surface area contributed by atoms with Crippen LogP contribution in [0.25, 0.3) is 11.4 Å². The zero-order chi connectivity index (χ0) is 27.1. The Morgan fingerprint density at radius 3 is 2.13 bits per heavy atom. The number of carbonyl (C=O) groups excluding carboxylic acids is 2. The number of hydrogen-bond donors (Lipinski definition) is 3. The van der Waals surface area contributed by atoms with Gasteiger partial charge in [0.15, 0.2) is 0 Å². The Morgan fingerprint density at radius 2 is 1.58 bits per heavy atom. The van der Waals surface area contributed by atoms with E-state index in [1.54, 1.807) is 28.8 Å². The summed E-state index contributed by atoms with van der Waals surface area (Å²) in [7, 11) is 0. The minimum atomic E-state index is -1.41. The molecule has 2 aromatic carbocycles. The summed E-state index contributed by atoms with van der Waals surface area (Å²) < 4.78 is 28.6. The topological polar surface area (TPSA) is 128 Å². The van der Waals surface area contributed by atoms with Gasteiger partial charge < -0.3 is 30.0 Å². The van der Waals surface area contributed by atoms with Crippen LogP contribution in [-0.4, -0.2) is 43.8 Å². The fourth-order valence-electron chi connectivity index (χ4n) is 4.12. The zero-order valence-electron chi connectivity index (χ0n) is 21.7. The minimum absolute atomic E-state index is 0. The summed E-state index contributed by atoms with van der Waals surface area (Å²) in [5.41, 5.74) is 2.03. The number of halogens is 2. The van der Waals surface area contributed by atoms with Gasteiger partial charge in [-0.15, -0.1) is 0 Å². The zero-order valence-corrected chi connectivity index (χ0v) is 23.7. The minimum Gasteiger partial charge on any atom is -0.550 e. The van der Waals surface area contributed by atoms with Gasteiger partial charge in [-0.05, 0) is 60.7 Å². The molecule has 2 atom stereocenters. The molecule has 0 bridgehead atoms. The van der Waals surface area contributed by atoms with Gasteiger partial charge in [0.1, 0.15) is 23.2 Å². The van der Waals surface area contributed by atoms with Gasteiger partial charge in [0, 0.05) is 31.0 Å². The summed E-state index contributed by atoms with van der Waals surface area (Å²) in [4.78, 5) is 28.5. The molecule has 0 aliphatic heterocycles. The molecule has 1 aromatic heterocycles. The SMILES string of the molecule is CC(C)c1c(C(=O)NCc2ccc(F)cc2)nc(-c2ccc(F)cc2)n1CC[C@@H](O)C[C@@H](O)CC(=O)[O-].[Na+]. The van der Waals surface area contributed by atoms with Crippen molar-refractivity contribution >= 4 is 11.9 Å². The molecule has 11 heteroatoms. The molecule has 8 nitrogen and oxygen atoms in total. The molecule has 0 unspecified atom stereocenters. The molecule has 3 N–H and O–H groups in total. The maximum Gasteiger partial charge on any atom is 1.00 e. The number of rotatable bonds is 12. The summed E-state index contributed by atoms with van der Waals surface area (Å²) in [6, 6.07) is 11.4. The summed E-state index contributed by atoms with van der Waals surface area (Å²) >= 11 is 0. The monoisotopic (exact) mass is 537 g/mol. The number of carbonyl (C=O) groups is 2. The molecule has 38 heavy (non-hydrogen) atoms. The van der Waals surface area contributed by atoms with Crippen LogP contribution >= 0.6 is 0 Å². The Labute approximate surface area is 242 Å². The molecule has 0 aliphatic carbocycles. The second-order valence-corrected chi connectivity index (χ2v) is 9.20. The average molecular weight is 538 g/mol. The van der Waals surface area contributed by atoms with E-state index in [4.69, 9.17) is 0 Å². The van der Waals surface area contributed by atoms with Crippen molar-refractivity contribution in [1.29, 1.82) is 0 Å². The fourth-order valence-corrected chi connectivity index (χ4v) is 4.12. The summed E-state index contributed by atoms with van der Waals surface area (Å²) in [5, 5.41) is 33.7. The second kappa shape index (κ2) is 14.5. The molecule has 1 amide bonds. The molecular formula is C27H30F2N3NaO5. The quantitative estimate of drug-likeness (QED) is 0.268. The number of hydrogen-bond acceptors (Lipinski definition) is 6. The standard InChI is InChI=1S/C27H31F2N3O5.Na/c1-16(2)25-24(27(37)30-15-17-3-7-19(28)8-4-17)31-26(18-5-9-20(29)10-6-18)32(25)12-11-21(33)13-22(34)14-23(35)36;/h3-10,16,21-22,33-34H,11-15H2,1-2H3,(H,30,37)(H,35,36);/q;+1/p-1/t21-,22-;/m1./s1. The Hall–Kier alpha value is -2.63. The summed E-state index contributed by atoms with van der Waals surface area (Å²) in [6.45, 7) is 4.14. The van der Waals surface area contributed by atoms with Gasteiger partial charge in [0.25, 0.3) is 5.91 Å². The molecule has 1 heterocycles. The third kappa shape index (κ3) is 8.71. The van der Waals surface area contributed by atoms with E-state index in [0.717, 1.165) is 0 Å². The largest absolute Gasteiger partial charge is 1.00 e. The maximum absolute atomic E-state index is 13.6. The van der Waals surface area contributed by atoms with Crippen LogP contribution < -0.4 is 40.0 Å². The molecule has 0 fully saturated rings. The third-order valence-electron chi connectivity index (χ3n) is 5.87. The van der Waals surface area contributed by atoms with Crippen LogP contribution in [0.4, 0.5) is 8.78 Å². The number of imidazole rings is 1. The maximum atomic E-state index is 13.6. The number of aliphatic hydroxyl groups is 2. The number of benzene rings is 2. The van der Waals surface area contributed by atoms with Crippen molar-refractivity contribution in [2.45, 2.75) is 64.3 Å². The van der Waals surface area contributed by atoms with E-state index in [9.17, 15) is 33.7 Å². The van der Waals surface area contributed by atoms with Crippen molar-refractivity contribution in [1.82, 2.24) is 14.9 Å². The first-order valence-corrected chi connectivity index (χ1v) is 12.0. The number of amides is 1. The molecule has 0 spiro atoms. The first-order chi connectivity index (χ1) is 17.5. The average Bonchev–Trinajstić information content (AvgIpc) is 3.22. The van der Waals surface area contributed by atoms with Crippen LogP contribution in [0.3, 0.4) is 0 Å². The van der Waals surface area contributed by atoms with E-state index in [0.29, 0.717) is 22.6 Å². The van der Waals surface area contributed by atoms with Gasteiger partial charge in [0.05, 0.1) is 17.9 Å². The second-order valence-electron chi connectivity index (χ2n) is 9.20. The van der Waals surface area contributed by atoms with E-state index in [1.165, 1.54) is 24.3 Å². The van der Waals surface area contributed by atoms with Crippen molar-refractivity contribution in [3.05, 3.63) is 77.1 Å². The molecule has 0 radical (unpaired) electrons. The van der Waals surface area contributed by atoms with Gasteiger partial charge in [-0.2, -0.15) is 0 Å². The molecular weight excluding hydrogens is 507 g/mol. The van der Waals surface area contributed by atoms with Crippen molar-refractivity contribution < 1.29 is 63.2 Å². The molecule has 0 saturated heterocycles. The Kier molecular flexibility index (Phi) is 12.1. The number of aliphatic hydroxyl groups excluding tert-OH is 2. The number of carboxylic acid groups (broad SMARTS) is 1. The van der Waals surface area contributed by atoms with Crippen molar-refractivity contribution in [3.8, 4) is 11.4 Å². The smallest absolute Gasteiger partial charge is 0.550 e. The van der Waals surface area contributed by atoms with E-state index in [2.05, 4.69) is 10.3 Å². The normalized spacial score (nSPS) is 12.6. The van der Waals surface area contributed by atoms with Crippen molar-refractivity contribution in [3.63, 3.8) is 0 Å². The van der Waals surface area contributed by atoms with Crippen molar-refractivity contribution in [2.24, 2.45) is 0 Å². The first-order valence-electron chi connectivity index (χ1n) is 12.0. The van der Waals surface area contributed by atoms with Crippen LogP contribution in [0.15, 0.2) is 48.5 Å². The first kappa shape index (κ1) is 31.6. The molecule has 3 aromatic rings. The molecule has 0 aliphatic rings. The van der Waals surface area contributed by atoms with Crippen LogP contribution in [0, 0.1) is 11.6 Å². The van der Waals surface area contributed by atoms with Crippen LogP contribution in [0.5, 0.6) is 0 Å². The number of aromatic nitrogens is 2. The van der Waals surface area contributed by atoms with Crippen LogP contribution in [0.2, 0.25) is 0 Å². The summed E-state index contributed by atoms with van der Waals surface area (Å²) in [6.07, 6.45) is -2.87. The van der Waals surface area contributed by atoms with E-state index >= 15 is 0 Å². The Bertz CT molecular complexity index is 1220. The van der Waals surface area contributed by atoms with Gasteiger partial charge in [0.2, 0.25) is 0 Å². The molecule has 0 saturated carbocycles. The summed E-state index contributed by atoms with van der Waals surface area (Å²) in [5.74, 6) is -2.42. The van der Waals surface area contributed by atoms with E-state index < -0.39 is 36.3 Å². The predicted molar refractivity (Wildman–Crippen MR) is 130 cm³/mol. The molecule has 198 valence electrons. The van der Waals surface area contributed by atoms with Crippen LogP contribution in [0.1, 0.15) is 60.8 Å². The van der Waals surface area contributed by atoms with Gasteiger partial charge in [-0.1, -0.05) is 26.0 Å².